The Morgan fingerprint density at radius 2 is 1.67 bits per heavy atom. The minimum absolute atomic E-state index is 0.0162. The van der Waals surface area contributed by atoms with Gasteiger partial charge in [0, 0.05) is 12.1 Å². The van der Waals surface area contributed by atoms with Crippen molar-refractivity contribution in [3.8, 4) is 5.75 Å². The second-order valence-corrected chi connectivity index (χ2v) is 5.84. The molecule has 0 aliphatic rings. The van der Waals surface area contributed by atoms with Crippen LogP contribution in [0, 0.1) is 5.82 Å². The lowest BCUT2D eigenvalue weighted by atomic mass is 10.1. The average Bonchev–Trinajstić information content (AvgIpc) is 2.70. The molecular weight excluding hydrogens is 349 g/mol. The SMILES string of the molecule is COc1cc2ccccc2cc1C(=O)OCC(=O)NCc1ccccc1F. The van der Waals surface area contributed by atoms with Crippen LogP contribution < -0.4 is 10.1 Å². The number of nitrogens with one attached hydrogen (secondary N) is 1. The molecule has 0 aliphatic heterocycles. The van der Waals surface area contributed by atoms with Gasteiger partial charge in [0.05, 0.1) is 7.11 Å². The predicted octanol–water partition coefficient (Wildman–Crippen LogP) is 3.46. The maximum absolute atomic E-state index is 13.5. The molecule has 0 atom stereocenters. The predicted molar refractivity (Wildman–Crippen MR) is 99.0 cm³/mol. The van der Waals surface area contributed by atoms with Gasteiger partial charge >= 0.3 is 5.97 Å². The van der Waals surface area contributed by atoms with Crippen molar-refractivity contribution in [2.75, 3.05) is 13.7 Å². The van der Waals surface area contributed by atoms with E-state index in [9.17, 15) is 14.0 Å². The fraction of sp³-hybridized carbons (Fsp3) is 0.143. The van der Waals surface area contributed by atoms with Crippen molar-refractivity contribution in [1.29, 1.82) is 0 Å². The van der Waals surface area contributed by atoms with Crippen molar-refractivity contribution in [1.82, 2.24) is 5.32 Å². The Kier molecular flexibility index (Phi) is 5.66. The van der Waals surface area contributed by atoms with E-state index in [1.165, 1.54) is 13.2 Å². The van der Waals surface area contributed by atoms with Crippen LogP contribution >= 0.6 is 0 Å². The van der Waals surface area contributed by atoms with Crippen LogP contribution in [0.3, 0.4) is 0 Å². The molecule has 0 saturated heterocycles. The first-order chi connectivity index (χ1) is 13.1. The van der Waals surface area contributed by atoms with Crippen molar-refractivity contribution in [3.63, 3.8) is 0 Å². The topological polar surface area (TPSA) is 64.6 Å². The van der Waals surface area contributed by atoms with Crippen LogP contribution in [0.25, 0.3) is 10.8 Å². The third-order valence-electron chi connectivity index (χ3n) is 4.06. The summed E-state index contributed by atoms with van der Waals surface area (Å²) in [4.78, 5) is 24.2. The molecule has 0 spiro atoms. The van der Waals surface area contributed by atoms with Gasteiger partial charge < -0.3 is 14.8 Å². The van der Waals surface area contributed by atoms with Crippen molar-refractivity contribution >= 4 is 22.6 Å². The summed E-state index contributed by atoms with van der Waals surface area (Å²) in [7, 11) is 1.46. The lowest BCUT2D eigenvalue weighted by Gasteiger charge is -2.11. The van der Waals surface area contributed by atoms with E-state index in [2.05, 4.69) is 5.32 Å². The fourth-order valence-corrected chi connectivity index (χ4v) is 2.64. The average molecular weight is 367 g/mol. The van der Waals surface area contributed by atoms with Crippen molar-refractivity contribution in [3.05, 3.63) is 77.6 Å². The minimum atomic E-state index is -0.668. The lowest BCUT2D eigenvalue weighted by molar-refractivity contribution is -0.124. The molecule has 6 heteroatoms. The van der Waals surface area contributed by atoms with Gasteiger partial charge in [-0.15, -0.1) is 0 Å². The molecule has 0 aliphatic carbocycles. The first kappa shape index (κ1) is 18.4. The number of halogens is 1. The number of hydrogen-bond donors (Lipinski definition) is 1. The molecule has 0 saturated carbocycles. The van der Waals surface area contributed by atoms with Crippen LogP contribution in [0.5, 0.6) is 5.75 Å². The van der Waals surface area contributed by atoms with E-state index in [0.29, 0.717) is 11.3 Å². The third kappa shape index (κ3) is 4.41. The van der Waals surface area contributed by atoms with Gasteiger partial charge in [-0.3, -0.25) is 4.79 Å². The number of ether oxygens (including phenoxy) is 2. The summed E-state index contributed by atoms with van der Waals surface area (Å²) in [5, 5.41) is 4.30. The molecule has 0 radical (unpaired) electrons. The zero-order valence-corrected chi connectivity index (χ0v) is 14.7. The molecule has 3 rings (SSSR count). The maximum Gasteiger partial charge on any atom is 0.342 e. The number of hydrogen-bond acceptors (Lipinski definition) is 4. The number of amides is 1. The van der Waals surface area contributed by atoms with Crippen LogP contribution in [0.2, 0.25) is 0 Å². The molecule has 1 amide bonds. The van der Waals surface area contributed by atoms with E-state index in [4.69, 9.17) is 9.47 Å². The highest BCUT2D eigenvalue weighted by molar-refractivity contribution is 5.99. The Labute approximate surface area is 155 Å². The zero-order valence-electron chi connectivity index (χ0n) is 14.7. The molecule has 0 heterocycles. The summed E-state index contributed by atoms with van der Waals surface area (Å²) >= 11 is 0. The van der Waals surface area contributed by atoms with Gasteiger partial charge in [-0.05, 0) is 29.0 Å². The number of carbonyl (C=O) groups is 2. The Hall–Kier alpha value is -3.41. The van der Waals surface area contributed by atoms with Crippen LogP contribution in [-0.4, -0.2) is 25.6 Å². The number of methoxy groups -OCH3 is 1. The highest BCUT2D eigenvalue weighted by atomic mass is 19.1. The third-order valence-corrected chi connectivity index (χ3v) is 4.06. The van der Waals surface area contributed by atoms with Crippen LogP contribution in [0.4, 0.5) is 4.39 Å². The van der Waals surface area contributed by atoms with Gasteiger partial charge in [0.1, 0.15) is 17.1 Å². The highest BCUT2D eigenvalue weighted by Gasteiger charge is 2.16. The first-order valence-electron chi connectivity index (χ1n) is 8.32. The molecule has 138 valence electrons. The van der Waals surface area contributed by atoms with Gasteiger partial charge in [0.25, 0.3) is 5.91 Å². The first-order valence-corrected chi connectivity index (χ1v) is 8.32. The molecule has 0 aromatic heterocycles. The van der Waals surface area contributed by atoms with Crippen LogP contribution in [-0.2, 0) is 16.1 Å². The van der Waals surface area contributed by atoms with Crippen molar-refractivity contribution in [2.45, 2.75) is 6.54 Å². The summed E-state index contributed by atoms with van der Waals surface area (Å²) in [6.45, 7) is -0.453. The van der Waals surface area contributed by atoms with E-state index in [-0.39, 0.29) is 12.1 Å². The van der Waals surface area contributed by atoms with Crippen LogP contribution in [0.1, 0.15) is 15.9 Å². The minimum Gasteiger partial charge on any atom is -0.496 e. The Morgan fingerprint density at radius 3 is 2.37 bits per heavy atom. The van der Waals surface area contributed by atoms with Crippen LogP contribution in [0.15, 0.2) is 60.7 Å². The smallest absolute Gasteiger partial charge is 0.342 e. The highest BCUT2D eigenvalue weighted by Crippen LogP contribution is 2.26. The van der Waals surface area contributed by atoms with Gasteiger partial charge in [-0.25, -0.2) is 9.18 Å². The molecule has 3 aromatic carbocycles. The van der Waals surface area contributed by atoms with E-state index in [1.807, 2.05) is 24.3 Å². The Balaban J connectivity index is 1.62. The van der Waals surface area contributed by atoms with Gasteiger partial charge in [0.2, 0.25) is 0 Å². The van der Waals surface area contributed by atoms with Crippen molar-refractivity contribution in [2.24, 2.45) is 0 Å². The summed E-state index contributed by atoms with van der Waals surface area (Å²) < 4.78 is 23.9. The molecule has 0 unspecified atom stereocenters. The van der Waals surface area contributed by atoms with E-state index in [1.54, 1.807) is 30.3 Å². The number of carbonyl (C=O) groups excluding carboxylic acids is 2. The zero-order chi connectivity index (χ0) is 19.2. The molecule has 1 N–H and O–H groups in total. The number of esters is 1. The molecular formula is C21H18FNO4. The van der Waals surface area contributed by atoms with E-state index in [0.717, 1.165) is 10.8 Å². The van der Waals surface area contributed by atoms with Gasteiger partial charge in [-0.1, -0.05) is 42.5 Å². The molecule has 27 heavy (non-hydrogen) atoms. The Bertz CT molecular complexity index is 987. The Morgan fingerprint density at radius 1 is 1.00 bits per heavy atom. The monoisotopic (exact) mass is 367 g/mol. The normalized spacial score (nSPS) is 10.4. The van der Waals surface area contributed by atoms with Gasteiger partial charge in [0.15, 0.2) is 6.61 Å². The summed E-state index contributed by atoms with van der Waals surface area (Å²) in [6.07, 6.45) is 0. The van der Waals surface area contributed by atoms with E-state index < -0.39 is 24.3 Å². The molecule has 0 bridgehead atoms. The quantitative estimate of drug-likeness (QED) is 0.678. The largest absolute Gasteiger partial charge is 0.496 e. The fourth-order valence-electron chi connectivity index (χ4n) is 2.64. The molecule has 3 aromatic rings. The maximum atomic E-state index is 13.5. The number of benzene rings is 3. The van der Waals surface area contributed by atoms with E-state index >= 15 is 0 Å². The molecule has 0 fully saturated rings. The van der Waals surface area contributed by atoms with Crippen molar-refractivity contribution < 1.29 is 23.5 Å². The number of fused-ring (bicyclic) bond motifs is 1. The standard InChI is InChI=1S/C21H18FNO4/c1-26-19-11-15-7-3-2-6-14(15)10-17(19)21(25)27-13-20(24)23-12-16-8-4-5-9-18(16)22/h2-11H,12-13H2,1H3,(H,23,24). The summed E-state index contributed by atoms with van der Waals surface area (Å²) in [5.41, 5.74) is 0.589. The summed E-state index contributed by atoms with van der Waals surface area (Å²) in [5.74, 6) is -1.23. The second-order valence-electron chi connectivity index (χ2n) is 5.84. The lowest BCUT2D eigenvalue weighted by Crippen LogP contribution is -2.28. The number of rotatable bonds is 6. The van der Waals surface area contributed by atoms with Gasteiger partial charge in [-0.2, -0.15) is 0 Å². The molecule has 5 nitrogen and oxygen atoms in total. The second kappa shape index (κ2) is 8.31. The summed E-state index contributed by atoms with van der Waals surface area (Å²) in [6, 6.07) is 17.1.